The third kappa shape index (κ3) is 4.30. The maximum atomic E-state index is 13.1. The van der Waals surface area contributed by atoms with Crippen LogP contribution in [0.25, 0.3) is 0 Å². The Morgan fingerprint density at radius 3 is 2.71 bits per heavy atom. The van der Waals surface area contributed by atoms with Gasteiger partial charge in [0, 0.05) is 32.7 Å². The minimum absolute atomic E-state index is 0.0666. The first-order chi connectivity index (χ1) is 13.7. The van der Waals surface area contributed by atoms with Crippen LogP contribution in [-0.2, 0) is 17.8 Å². The first-order valence-electron chi connectivity index (χ1n) is 10.1. The van der Waals surface area contributed by atoms with Crippen molar-refractivity contribution in [3.05, 3.63) is 59.7 Å². The molecule has 5 heteroatoms. The third-order valence-corrected chi connectivity index (χ3v) is 5.69. The standard InChI is InChI=1S/C23H28N2O3/c1-27-21-9-7-18(8-10-21)16-24-11-4-12-25(14-13-24)23(26)20-15-19-5-2-3-6-22(19)28-17-20/h2-3,5-10,20H,4,11-17H2,1H3. The Hall–Kier alpha value is -2.53. The average molecular weight is 380 g/mol. The fourth-order valence-corrected chi connectivity index (χ4v) is 4.08. The fraction of sp³-hybridized carbons (Fsp3) is 0.435. The van der Waals surface area contributed by atoms with Crippen molar-refractivity contribution in [1.82, 2.24) is 9.80 Å². The van der Waals surface area contributed by atoms with Gasteiger partial charge in [0.25, 0.3) is 0 Å². The monoisotopic (exact) mass is 380 g/mol. The molecule has 2 aliphatic rings. The van der Waals surface area contributed by atoms with E-state index in [-0.39, 0.29) is 11.8 Å². The molecule has 2 aromatic rings. The van der Waals surface area contributed by atoms with Crippen molar-refractivity contribution < 1.29 is 14.3 Å². The Kier molecular flexibility index (Phi) is 5.81. The van der Waals surface area contributed by atoms with Gasteiger partial charge in [0.1, 0.15) is 18.1 Å². The van der Waals surface area contributed by atoms with Gasteiger partial charge in [0.2, 0.25) is 5.91 Å². The predicted octanol–water partition coefficient (Wildman–Crippen LogP) is 2.98. The number of hydrogen-bond donors (Lipinski definition) is 0. The van der Waals surface area contributed by atoms with E-state index < -0.39 is 0 Å². The molecule has 1 atom stereocenters. The molecule has 2 heterocycles. The lowest BCUT2D eigenvalue weighted by Gasteiger charge is -2.29. The molecular formula is C23H28N2O3. The topological polar surface area (TPSA) is 42.0 Å². The summed E-state index contributed by atoms with van der Waals surface area (Å²) in [6.45, 7) is 4.93. The number of carbonyl (C=O) groups is 1. The fourth-order valence-electron chi connectivity index (χ4n) is 4.08. The van der Waals surface area contributed by atoms with E-state index >= 15 is 0 Å². The van der Waals surface area contributed by atoms with Gasteiger partial charge in [-0.1, -0.05) is 30.3 Å². The molecule has 1 amide bonds. The Balaban J connectivity index is 1.33. The number of nitrogens with zero attached hydrogens (tertiary/aromatic N) is 2. The van der Waals surface area contributed by atoms with E-state index in [2.05, 4.69) is 23.1 Å². The first kappa shape index (κ1) is 18.8. The van der Waals surface area contributed by atoms with Crippen LogP contribution in [0.3, 0.4) is 0 Å². The molecule has 0 saturated carbocycles. The van der Waals surface area contributed by atoms with Gasteiger partial charge in [-0.2, -0.15) is 0 Å². The summed E-state index contributed by atoms with van der Waals surface area (Å²) < 4.78 is 11.1. The van der Waals surface area contributed by atoms with Gasteiger partial charge in [-0.15, -0.1) is 0 Å². The molecule has 0 bridgehead atoms. The lowest BCUT2D eigenvalue weighted by Crippen LogP contribution is -2.42. The van der Waals surface area contributed by atoms with Crippen LogP contribution in [0, 0.1) is 5.92 Å². The van der Waals surface area contributed by atoms with Gasteiger partial charge in [-0.05, 0) is 42.2 Å². The Labute approximate surface area is 166 Å². The van der Waals surface area contributed by atoms with Crippen molar-refractivity contribution in [2.75, 3.05) is 39.9 Å². The maximum Gasteiger partial charge on any atom is 0.229 e. The highest BCUT2D eigenvalue weighted by atomic mass is 16.5. The number of ether oxygens (including phenoxy) is 2. The summed E-state index contributed by atoms with van der Waals surface area (Å²) in [7, 11) is 1.69. The molecule has 2 aliphatic heterocycles. The third-order valence-electron chi connectivity index (χ3n) is 5.69. The van der Waals surface area contributed by atoms with Crippen molar-refractivity contribution in [1.29, 1.82) is 0 Å². The lowest BCUT2D eigenvalue weighted by atomic mass is 9.95. The maximum absolute atomic E-state index is 13.1. The van der Waals surface area contributed by atoms with E-state index in [1.54, 1.807) is 7.11 Å². The summed E-state index contributed by atoms with van der Waals surface area (Å²) in [4.78, 5) is 17.5. The molecule has 0 aliphatic carbocycles. The van der Waals surface area contributed by atoms with Gasteiger partial charge >= 0.3 is 0 Å². The molecule has 1 unspecified atom stereocenters. The summed E-state index contributed by atoms with van der Waals surface area (Å²) in [6, 6.07) is 16.3. The zero-order chi connectivity index (χ0) is 19.3. The highest BCUT2D eigenvalue weighted by Gasteiger charge is 2.30. The first-order valence-corrected chi connectivity index (χ1v) is 10.1. The van der Waals surface area contributed by atoms with Crippen LogP contribution in [0.5, 0.6) is 11.5 Å². The second-order valence-electron chi connectivity index (χ2n) is 7.62. The average Bonchev–Trinajstić information content (AvgIpc) is 2.99. The number of benzene rings is 2. The van der Waals surface area contributed by atoms with Crippen LogP contribution in [0.4, 0.5) is 0 Å². The van der Waals surface area contributed by atoms with E-state index in [1.807, 2.05) is 35.2 Å². The predicted molar refractivity (Wildman–Crippen MR) is 109 cm³/mol. The summed E-state index contributed by atoms with van der Waals surface area (Å²) in [5.41, 5.74) is 2.42. The zero-order valence-electron chi connectivity index (χ0n) is 16.5. The Morgan fingerprint density at radius 2 is 1.89 bits per heavy atom. The highest BCUT2D eigenvalue weighted by Crippen LogP contribution is 2.28. The molecule has 1 fully saturated rings. The number of amides is 1. The molecule has 2 aromatic carbocycles. The number of carbonyl (C=O) groups excluding carboxylic acids is 1. The molecule has 5 nitrogen and oxygen atoms in total. The minimum atomic E-state index is -0.0666. The molecule has 1 saturated heterocycles. The quantitative estimate of drug-likeness (QED) is 0.818. The van der Waals surface area contributed by atoms with Crippen LogP contribution in [0.15, 0.2) is 48.5 Å². The van der Waals surface area contributed by atoms with Crippen LogP contribution in [0.2, 0.25) is 0 Å². The van der Waals surface area contributed by atoms with E-state index in [9.17, 15) is 4.79 Å². The van der Waals surface area contributed by atoms with Crippen LogP contribution >= 0.6 is 0 Å². The van der Waals surface area contributed by atoms with Crippen molar-refractivity contribution >= 4 is 5.91 Å². The van der Waals surface area contributed by atoms with Crippen molar-refractivity contribution in [2.24, 2.45) is 5.92 Å². The Morgan fingerprint density at radius 1 is 1.07 bits per heavy atom. The summed E-state index contributed by atoms with van der Waals surface area (Å²) in [6.07, 6.45) is 1.78. The molecular weight excluding hydrogens is 352 g/mol. The van der Waals surface area contributed by atoms with Crippen molar-refractivity contribution in [2.45, 2.75) is 19.4 Å². The normalized spacial score (nSPS) is 20.0. The zero-order valence-corrected chi connectivity index (χ0v) is 16.5. The molecule has 0 radical (unpaired) electrons. The largest absolute Gasteiger partial charge is 0.497 e. The molecule has 0 aromatic heterocycles. The number of para-hydroxylation sites is 1. The van der Waals surface area contributed by atoms with E-state index in [4.69, 9.17) is 9.47 Å². The number of methoxy groups -OCH3 is 1. The Bertz CT molecular complexity index is 806. The summed E-state index contributed by atoms with van der Waals surface area (Å²) >= 11 is 0. The second-order valence-corrected chi connectivity index (χ2v) is 7.62. The van der Waals surface area contributed by atoms with Crippen molar-refractivity contribution in [3.63, 3.8) is 0 Å². The summed E-state index contributed by atoms with van der Waals surface area (Å²) in [5.74, 6) is 1.98. The van der Waals surface area contributed by atoms with Gasteiger partial charge in [-0.25, -0.2) is 0 Å². The summed E-state index contributed by atoms with van der Waals surface area (Å²) in [5, 5.41) is 0. The number of rotatable bonds is 4. The molecule has 28 heavy (non-hydrogen) atoms. The number of fused-ring (bicyclic) bond motifs is 1. The highest BCUT2D eigenvalue weighted by molar-refractivity contribution is 5.79. The molecule has 4 rings (SSSR count). The minimum Gasteiger partial charge on any atom is -0.497 e. The van der Waals surface area contributed by atoms with E-state index in [0.29, 0.717) is 6.61 Å². The second kappa shape index (κ2) is 8.65. The SMILES string of the molecule is COc1ccc(CN2CCCN(C(=O)C3COc4ccccc4C3)CC2)cc1. The molecule has 148 valence electrons. The number of hydrogen-bond acceptors (Lipinski definition) is 4. The van der Waals surface area contributed by atoms with E-state index in [0.717, 1.165) is 62.6 Å². The molecule has 0 N–H and O–H groups in total. The lowest BCUT2D eigenvalue weighted by molar-refractivity contribution is -0.136. The van der Waals surface area contributed by atoms with Crippen LogP contribution in [-0.4, -0.2) is 55.6 Å². The van der Waals surface area contributed by atoms with Gasteiger partial charge in [-0.3, -0.25) is 9.69 Å². The van der Waals surface area contributed by atoms with E-state index in [1.165, 1.54) is 5.56 Å². The van der Waals surface area contributed by atoms with Gasteiger partial charge in [0.15, 0.2) is 0 Å². The van der Waals surface area contributed by atoms with Gasteiger partial charge < -0.3 is 14.4 Å². The van der Waals surface area contributed by atoms with Gasteiger partial charge in [0.05, 0.1) is 13.0 Å². The molecule has 0 spiro atoms. The van der Waals surface area contributed by atoms with Crippen LogP contribution < -0.4 is 9.47 Å². The van der Waals surface area contributed by atoms with Crippen LogP contribution in [0.1, 0.15) is 17.5 Å². The smallest absolute Gasteiger partial charge is 0.229 e. The van der Waals surface area contributed by atoms with Crippen molar-refractivity contribution in [3.8, 4) is 11.5 Å².